The first-order chi connectivity index (χ1) is 9.56. The van der Waals surface area contributed by atoms with Gasteiger partial charge in [0.2, 0.25) is 0 Å². The van der Waals surface area contributed by atoms with Crippen LogP contribution in [0.1, 0.15) is 31.9 Å². The van der Waals surface area contributed by atoms with Crippen LogP contribution in [-0.2, 0) is 0 Å². The molecule has 1 aromatic heterocycles. The van der Waals surface area contributed by atoms with Crippen LogP contribution in [0.5, 0.6) is 0 Å². The smallest absolute Gasteiger partial charge is 0.262 e. The fourth-order valence-electron chi connectivity index (χ4n) is 2.22. The lowest BCUT2D eigenvalue weighted by Gasteiger charge is -2.19. The zero-order chi connectivity index (χ0) is 14.7. The van der Waals surface area contributed by atoms with Gasteiger partial charge in [-0.25, -0.2) is 0 Å². The first-order valence-electron chi connectivity index (χ1n) is 6.71. The molecule has 0 aliphatic carbocycles. The van der Waals surface area contributed by atoms with E-state index in [1.54, 1.807) is 10.6 Å². The van der Waals surface area contributed by atoms with E-state index in [0.717, 1.165) is 17.7 Å². The summed E-state index contributed by atoms with van der Waals surface area (Å²) >= 11 is 0. The number of nitrogens with one attached hydrogen (secondary N) is 1. The zero-order valence-corrected chi connectivity index (χ0v) is 11.8. The van der Waals surface area contributed by atoms with Crippen LogP contribution in [0.4, 0.5) is 0 Å². The minimum atomic E-state index is -0.201. The lowest BCUT2D eigenvalue weighted by molar-refractivity contribution is 0.519. The van der Waals surface area contributed by atoms with Crippen LogP contribution in [0.25, 0.3) is 11.3 Å². The van der Waals surface area contributed by atoms with E-state index in [1.807, 2.05) is 50.2 Å². The topological polar surface area (TPSA) is 71.9 Å². The number of hydrogen-bond acceptors (Lipinski definition) is 2. The van der Waals surface area contributed by atoms with Crippen LogP contribution in [0.15, 0.2) is 47.3 Å². The van der Waals surface area contributed by atoms with Crippen molar-refractivity contribution in [2.75, 3.05) is 0 Å². The van der Waals surface area contributed by atoms with Gasteiger partial charge >= 0.3 is 0 Å². The highest BCUT2D eigenvalue weighted by Gasteiger charge is 2.15. The lowest BCUT2D eigenvalue weighted by atomic mass is 10.1. The molecule has 20 heavy (non-hydrogen) atoms. The summed E-state index contributed by atoms with van der Waals surface area (Å²) in [7, 11) is 0. The average Bonchev–Trinajstić information content (AvgIpc) is 2.46. The Kier molecular flexibility index (Phi) is 4.03. The molecule has 3 N–H and O–H groups in total. The normalized spacial score (nSPS) is 12.1. The molecule has 4 nitrogen and oxygen atoms in total. The van der Waals surface area contributed by atoms with Crippen molar-refractivity contribution in [2.45, 2.75) is 26.3 Å². The number of aromatic nitrogens is 1. The highest BCUT2D eigenvalue weighted by molar-refractivity contribution is 5.94. The Hall–Kier alpha value is -2.36. The maximum absolute atomic E-state index is 12.5. The van der Waals surface area contributed by atoms with Crippen molar-refractivity contribution in [1.29, 1.82) is 5.41 Å². The second kappa shape index (κ2) is 5.74. The van der Waals surface area contributed by atoms with E-state index in [9.17, 15) is 4.79 Å². The summed E-state index contributed by atoms with van der Waals surface area (Å²) in [5, 5.41) is 7.51. The SMILES string of the molecule is CCC(C)n1c(-c2ccccc2)ccc(C(=N)N)c1=O. The third kappa shape index (κ3) is 2.50. The predicted octanol–water partition coefficient (Wildman–Crippen LogP) is 2.77. The van der Waals surface area contributed by atoms with Crippen LogP contribution in [-0.4, -0.2) is 10.4 Å². The van der Waals surface area contributed by atoms with Gasteiger partial charge in [-0.15, -0.1) is 0 Å². The molecule has 0 aliphatic rings. The minimum absolute atomic E-state index is 0.0528. The molecular formula is C16H19N3O. The number of hydrogen-bond donors (Lipinski definition) is 2. The number of pyridine rings is 1. The number of amidine groups is 1. The van der Waals surface area contributed by atoms with Gasteiger partial charge in [0, 0.05) is 6.04 Å². The Balaban J connectivity index is 2.73. The number of rotatable bonds is 4. The third-order valence-electron chi connectivity index (χ3n) is 3.51. The van der Waals surface area contributed by atoms with Crippen molar-refractivity contribution < 1.29 is 0 Å². The van der Waals surface area contributed by atoms with Gasteiger partial charge in [0.05, 0.1) is 11.3 Å². The molecule has 0 fully saturated rings. The second-order valence-corrected chi connectivity index (χ2v) is 4.84. The van der Waals surface area contributed by atoms with Gasteiger partial charge in [0.1, 0.15) is 5.84 Å². The van der Waals surface area contributed by atoms with E-state index < -0.39 is 0 Å². The molecule has 0 amide bonds. The number of nitrogens with zero attached hydrogens (tertiary/aromatic N) is 1. The Morgan fingerprint density at radius 3 is 2.45 bits per heavy atom. The molecule has 1 aromatic carbocycles. The Morgan fingerprint density at radius 2 is 1.90 bits per heavy atom. The maximum Gasteiger partial charge on any atom is 0.262 e. The maximum atomic E-state index is 12.5. The highest BCUT2D eigenvalue weighted by Crippen LogP contribution is 2.22. The summed E-state index contributed by atoms with van der Waals surface area (Å²) in [6.45, 7) is 4.03. The van der Waals surface area contributed by atoms with E-state index in [0.29, 0.717) is 0 Å². The van der Waals surface area contributed by atoms with Crippen LogP contribution in [0.3, 0.4) is 0 Å². The molecule has 0 aliphatic heterocycles. The molecule has 0 spiro atoms. The van der Waals surface area contributed by atoms with Crippen molar-refractivity contribution in [1.82, 2.24) is 4.57 Å². The van der Waals surface area contributed by atoms with Crippen LogP contribution < -0.4 is 11.3 Å². The number of benzene rings is 1. The van der Waals surface area contributed by atoms with E-state index >= 15 is 0 Å². The fourth-order valence-corrected chi connectivity index (χ4v) is 2.22. The van der Waals surface area contributed by atoms with E-state index in [2.05, 4.69) is 0 Å². The highest BCUT2D eigenvalue weighted by atomic mass is 16.1. The first-order valence-corrected chi connectivity index (χ1v) is 6.71. The monoisotopic (exact) mass is 269 g/mol. The van der Waals surface area contributed by atoms with Crippen LogP contribution >= 0.6 is 0 Å². The molecule has 0 bridgehead atoms. The molecule has 0 radical (unpaired) electrons. The summed E-state index contributed by atoms with van der Waals surface area (Å²) < 4.78 is 1.73. The lowest BCUT2D eigenvalue weighted by Crippen LogP contribution is -2.32. The molecular weight excluding hydrogens is 250 g/mol. The number of nitrogens with two attached hydrogens (primary N) is 1. The molecule has 0 saturated carbocycles. The Labute approximate surface area is 118 Å². The largest absolute Gasteiger partial charge is 0.384 e. The zero-order valence-electron chi connectivity index (χ0n) is 11.8. The first kappa shape index (κ1) is 14.1. The van der Waals surface area contributed by atoms with Crippen molar-refractivity contribution in [2.24, 2.45) is 5.73 Å². The molecule has 0 saturated heterocycles. The molecule has 2 rings (SSSR count). The fraction of sp³-hybridized carbons (Fsp3) is 0.250. The van der Waals surface area contributed by atoms with Crippen molar-refractivity contribution in [3.63, 3.8) is 0 Å². The summed E-state index contributed by atoms with van der Waals surface area (Å²) in [5.74, 6) is -0.188. The third-order valence-corrected chi connectivity index (χ3v) is 3.51. The quantitative estimate of drug-likeness (QED) is 0.661. The van der Waals surface area contributed by atoms with Gasteiger partial charge in [0.25, 0.3) is 5.56 Å². The minimum Gasteiger partial charge on any atom is -0.384 e. The molecule has 1 unspecified atom stereocenters. The Bertz CT molecular complexity index is 674. The standard InChI is InChI=1S/C16H19N3O/c1-3-11(2)19-14(12-7-5-4-6-8-12)10-9-13(15(17)18)16(19)20/h4-11H,3H2,1-2H3,(H3,17,18). The molecule has 2 aromatic rings. The molecule has 104 valence electrons. The van der Waals surface area contributed by atoms with Gasteiger partial charge in [-0.2, -0.15) is 0 Å². The molecule has 4 heteroatoms. The second-order valence-electron chi connectivity index (χ2n) is 4.84. The predicted molar refractivity (Wildman–Crippen MR) is 82.2 cm³/mol. The van der Waals surface area contributed by atoms with Crippen LogP contribution in [0, 0.1) is 5.41 Å². The van der Waals surface area contributed by atoms with Gasteiger partial charge < -0.3 is 10.3 Å². The van der Waals surface area contributed by atoms with Gasteiger partial charge in [-0.1, -0.05) is 37.3 Å². The molecule has 1 heterocycles. The Morgan fingerprint density at radius 1 is 1.25 bits per heavy atom. The van der Waals surface area contributed by atoms with Crippen molar-refractivity contribution in [3.8, 4) is 11.3 Å². The van der Waals surface area contributed by atoms with E-state index in [1.165, 1.54) is 0 Å². The van der Waals surface area contributed by atoms with Gasteiger partial charge in [-0.05, 0) is 31.0 Å². The van der Waals surface area contributed by atoms with E-state index in [-0.39, 0.29) is 23.0 Å². The van der Waals surface area contributed by atoms with Gasteiger partial charge in [-0.3, -0.25) is 10.2 Å². The van der Waals surface area contributed by atoms with Gasteiger partial charge in [0.15, 0.2) is 0 Å². The van der Waals surface area contributed by atoms with Crippen molar-refractivity contribution >= 4 is 5.84 Å². The van der Waals surface area contributed by atoms with E-state index in [4.69, 9.17) is 11.1 Å². The average molecular weight is 269 g/mol. The summed E-state index contributed by atoms with van der Waals surface area (Å²) in [6, 6.07) is 13.3. The molecule has 1 atom stereocenters. The van der Waals surface area contributed by atoms with Crippen molar-refractivity contribution in [3.05, 3.63) is 58.4 Å². The summed E-state index contributed by atoms with van der Waals surface area (Å²) in [5.41, 5.74) is 7.38. The number of nitrogen functional groups attached to an aromatic ring is 1. The summed E-state index contributed by atoms with van der Waals surface area (Å²) in [4.78, 5) is 12.5. The van der Waals surface area contributed by atoms with Crippen LogP contribution in [0.2, 0.25) is 0 Å². The summed E-state index contributed by atoms with van der Waals surface area (Å²) in [6.07, 6.45) is 0.834.